The monoisotopic (exact) mass is 279 g/mol. The third kappa shape index (κ3) is 2.81. The van der Waals surface area contributed by atoms with Crippen molar-refractivity contribution in [3.05, 3.63) is 35.6 Å². The number of halogens is 1. The van der Waals surface area contributed by atoms with Gasteiger partial charge in [-0.1, -0.05) is 25.1 Å². The van der Waals surface area contributed by atoms with Crippen LogP contribution in [-0.4, -0.2) is 24.5 Å². The third-order valence-electron chi connectivity index (χ3n) is 3.64. The van der Waals surface area contributed by atoms with Gasteiger partial charge in [0.05, 0.1) is 6.61 Å². The molecule has 2 atom stereocenters. The number of esters is 1. The molecule has 0 aromatic heterocycles. The summed E-state index contributed by atoms with van der Waals surface area (Å²) in [7, 11) is 0. The van der Waals surface area contributed by atoms with E-state index in [0.29, 0.717) is 12.0 Å². The van der Waals surface area contributed by atoms with Crippen LogP contribution in [0.4, 0.5) is 4.39 Å². The summed E-state index contributed by atoms with van der Waals surface area (Å²) < 4.78 is 18.8. The van der Waals surface area contributed by atoms with Gasteiger partial charge in [-0.2, -0.15) is 0 Å². The van der Waals surface area contributed by atoms with Gasteiger partial charge in [-0.05, 0) is 25.0 Å². The predicted octanol–water partition coefficient (Wildman–Crippen LogP) is 1.83. The second-order valence-corrected chi connectivity index (χ2v) is 5.35. The smallest absolute Gasteiger partial charge is 0.329 e. The first-order chi connectivity index (χ1) is 9.46. The summed E-state index contributed by atoms with van der Waals surface area (Å²) in [5.41, 5.74) is -0.174. The molecule has 5 heteroatoms. The Morgan fingerprint density at radius 1 is 1.50 bits per heavy atom. The number of amides is 1. The molecule has 1 amide bonds. The van der Waals surface area contributed by atoms with E-state index in [1.165, 1.54) is 6.07 Å². The molecule has 1 saturated heterocycles. The highest BCUT2D eigenvalue weighted by Gasteiger charge is 2.48. The average molecular weight is 279 g/mol. The zero-order valence-corrected chi connectivity index (χ0v) is 11.6. The Hall–Kier alpha value is -1.91. The van der Waals surface area contributed by atoms with E-state index in [9.17, 15) is 14.0 Å². The van der Waals surface area contributed by atoms with E-state index < -0.39 is 17.4 Å². The molecule has 0 radical (unpaired) electrons. The van der Waals surface area contributed by atoms with Gasteiger partial charge in [-0.15, -0.1) is 0 Å². The minimum absolute atomic E-state index is 0.185. The fourth-order valence-corrected chi connectivity index (χ4v) is 2.67. The number of benzene rings is 1. The Morgan fingerprint density at radius 3 is 2.85 bits per heavy atom. The maximum atomic E-state index is 13.8. The largest absolute Gasteiger partial charge is 0.464 e. The standard InChI is InChI=1S/C15H18FNO3/c1-3-20-14(19)13-15(2,9-12(18)17-13)8-10-6-4-5-7-11(10)16/h4-7,13H,3,8-9H2,1-2H3,(H,17,18). The lowest BCUT2D eigenvalue weighted by atomic mass is 9.77. The van der Waals surface area contributed by atoms with Crippen molar-refractivity contribution in [2.24, 2.45) is 5.41 Å². The molecular weight excluding hydrogens is 261 g/mol. The number of rotatable bonds is 4. The summed E-state index contributed by atoms with van der Waals surface area (Å²) in [5.74, 6) is -0.991. The summed E-state index contributed by atoms with van der Waals surface area (Å²) >= 11 is 0. The van der Waals surface area contributed by atoms with Crippen LogP contribution in [0.1, 0.15) is 25.8 Å². The van der Waals surface area contributed by atoms with Crippen molar-refractivity contribution in [1.29, 1.82) is 0 Å². The first-order valence-corrected chi connectivity index (χ1v) is 6.65. The number of hydrogen-bond acceptors (Lipinski definition) is 3. The maximum Gasteiger partial charge on any atom is 0.329 e. The fraction of sp³-hybridized carbons (Fsp3) is 0.467. The van der Waals surface area contributed by atoms with Gasteiger partial charge in [0.1, 0.15) is 11.9 Å². The van der Waals surface area contributed by atoms with Gasteiger partial charge in [-0.3, -0.25) is 4.79 Å². The molecule has 1 aromatic carbocycles. The Morgan fingerprint density at radius 2 is 2.20 bits per heavy atom. The van der Waals surface area contributed by atoms with E-state index in [4.69, 9.17) is 4.74 Å². The Labute approximate surface area is 117 Å². The molecule has 0 aliphatic carbocycles. The van der Waals surface area contributed by atoms with Crippen molar-refractivity contribution in [3.8, 4) is 0 Å². The molecule has 0 saturated carbocycles. The average Bonchev–Trinajstić information content (AvgIpc) is 2.68. The third-order valence-corrected chi connectivity index (χ3v) is 3.64. The van der Waals surface area contributed by atoms with Crippen molar-refractivity contribution >= 4 is 11.9 Å². The second kappa shape index (κ2) is 5.61. The van der Waals surface area contributed by atoms with Crippen LogP contribution in [0.2, 0.25) is 0 Å². The van der Waals surface area contributed by atoms with Gasteiger partial charge in [0.15, 0.2) is 0 Å². The number of carbonyl (C=O) groups excluding carboxylic acids is 2. The molecule has 1 aliphatic heterocycles. The van der Waals surface area contributed by atoms with Gasteiger partial charge < -0.3 is 10.1 Å². The summed E-state index contributed by atoms with van der Waals surface area (Å²) in [6.07, 6.45) is 0.493. The summed E-state index contributed by atoms with van der Waals surface area (Å²) in [4.78, 5) is 23.6. The highest BCUT2D eigenvalue weighted by atomic mass is 19.1. The van der Waals surface area contributed by atoms with E-state index in [1.54, 1.807) is 32.0 Å². The first-order valence-electron chi connectivity index (χ1n) is 6.65. The molecule has 4 nitrogen and oxygen atoms in total. The zero-order valence-electron chi connectivity index (χ0n) is 11.6. The lowest BCUT2D eigenvalue weighted by Crippen LogP contribution is -2.44. The van der Waals surface area contributed by atoms with Crippen molar-refractivity contribution in [2.45, 2.75) is 32.7 Å². The highest BCUT2D eigenvalue weighted by molar-refractivity contribution is 5.89. The summed E-state index contributed by atoms with van der Waals surface area (Å²) in [6, 6.07) is 5.68. The molecule has 1 aliphatic rings. The van der Waals surface area contributed by atoms with E-state index in [0.717, 1.165) is 0 Å². The van der Waals surface area contributed by atoms with Crippen LogP contribution in [0.15, 0.2) is 24.3 Å². The number of ether oxygens (including phenoxy) is 1. The van der Waals surface area contributed by atoms with Crippen LogP contribution in [0.3, 0.4) is 0 Å². The van der Waals surface area contributed by atoms with Gasteiger partial charge in [0.25, 0.3) is 0 Å². The van der Waals surface area contributed by atoms with Gasteiger partial charge in [0.2, 0.25) is 5.91 Å². The Balaban J connectivity index is 2.24. The lowest BCUT2D eigenvalue weighted by molar-refractivity contribution is -0.148. The minimum Gasteiger partial charge on any atom is -0.464 e. The van der Waals surface area contributed by atoms with Crippen LogP contribution >= 0.6 is 0 Å². The molecule has 2 rings (SSSR count). The van der Waals surface area contributed by atoms with E-state index in [1.807, 2.05) is 0 Å². The molecule has 1 aromatic rings. The SMILES string of the molecule is CCOC(=O)C1NC(=O)CC1(C)Cc1ccccc1F. The number of carbonyl (C=O) groups is 2. The van der Waals surface area contributed by atoms with Gasteiger partial charge in [-0.25, -0.2) is 9.18 Å². The molecule has 108 valence electrons. The lowest BCUT2D eigenvalue weighted by Gasteiger charge is -2.28. The van der Waals surface area contributed by atoms with Crippen molar-refractivity contribution in [2.75, 3.05) is 6.61 Å². The van der Waals surface area contributed by atoms with Crippen LogP contribution in [-0.2, 0) is 20.7 Å². The van der Waals surface area contributed by atoms with Crippen LogP contribution in [0.5, 0.6) is 0 Å². The fourth-order valence-electron chi connectivity index (χ4n) is 2.67. The second-order valence-electron chi connectivity index (χ2n) is 5.35. The van der Waals surface area contributed by atoms with Crippen molar-refractivity contribution in [1.82, 2.24) is 5.32 Å². The molecule has 1 heterocycles. The van der Waals surface area contributed by atoms with Gasteiger partial charge >= 0.3 is 5.97 Å². The van der Waals surface area contributed by atoms with Crippen LogP contribution in [0.25, 0.3) is 0 Å². The molecule has 20 heavy (non-hydrogen) atoms. The van der Waals surface area contributed by atoms with Gasteiger partial charge in [0, 0.05) is 11.8 Å². The van der Waals surface area contributed by atoms with E-state index in [2.05, 4.69) is 5.32 Å². The zero-order chi connectivity index (χ0) is 14.8. The number of hydrogen-bond donors (Lipinski definition) is 1. The summed E-state index contributed by atoms with van der Waals surface area (Å²) in [6.45, 7) is 3.77. The molecule has 1 N–H and O–H groups in total. The number of nitrogens with one attached hydrogen (secondary N) is 1. The Kier molecular flexibility index (Phi) is 4.06. The minimum atomic E-state index is -0.727. The molecule has 0 spiro atoms. The summed E-state index contributed by atoms with van der Waals surface area (Å²) in [5, 5.41) is 2.63. The van der Waals surface area contributed by atoms with Crippen LogP contribution in [0, 0.1) is 11.2 Å². The predicted molar refractivity (Wildman–Crippen MR) is 71.4 cm³/mol. The quantitative estimate of drug-likeness (QED) is 0.855. The first kappa shape index (κ1) is 14.5. The normalized spacial score (nSPS) is 25.4. The van der Waals surface area contributed by atoms with Crippen molar-refractivity contribution < 1.29 is 18.7 Å². The topological polar surface area (TPSA) is 55.4 Å². The maximum absolute atomic E-state index is 13.8. The van der Waals surface area contributed by atoms with Crippen molar-refractivity contribution in [3.63, 3.8) is 0 Å². The molecular formula is C15H18FNO3. The van der Waals surface area contributed by atoms with E-state index in [-0.39, 0.29) is 24.8 Å². The van der Waals surface area contributed by atoms with E-state index >= 15 is 0 Å². The molecule has 0 bridgehead atoms. The highest BCUT2D eigenvalue weighted by Crippen LogP contribution is 2.36. The Bertz CT molecular complexity index is 532. The molecule has 2 unspecified atom stereocenters. The van der Waals surface area contributed by atoms with Crippen LogP contribution < -0.4 is 5.32 Å². The molecule has 1 fully saturated rings.